The number of methoxy groups -OCH3 is 1. The molecule has 1 atom stereocenters. The maximum Gasteiger partial charge on any atom is 0.225 e. The van der Waals surface area contributed by atoms with Crippen molar-refractivity contribution in [1.82, 2.24) is 20.3 Å². The van der Waals surface area contributed by atoms with Gasteiger partial charge in [-0.05, 0) is 43.5 Å². The molecule has 2 aromatic heterocycles. The van der Waals surface area contributed by atoms with Crippen LogP contribution >= 0.6 is 0 Å². The number of nitrogens with zero attached hydrogens (tertiary/aromatic N) is 1. The lowest BCUT2D eigenvalue weighted by atomic mass is 10.0. The molecule has 3 aromatic rings. The summed E-state index contributed by atoms with van der Waals surface area (Å²) in [4.78, 5) is 35.4. The highest BCUT2D eigenvalue weighted by molar-refractivity contribution is 5.91. The van der Waals surface area contributed by atoms with Crippen LogP contribution in [0.5, 0.6) is 5.75 Å². The lowest BCUT2D eigenvalue weighted by molar-refractivity contribution is -0.121. The number of Topliss-reactive ketones (excluding diaryl/α,β-unsaturated/α-hetero) is 1. The standard InChI is InChI=1S/C25H34N4O4/c1-4-18(31)8-6-5-7-9-23(25-26-14-17(15-30)28-25)29-24(32)13-20-16(2)27-22-11-10-19(33-3)12-21(20)22/h10-12,14,23,27,30H,4-9,13,15H2,1-3H3,(H,26,28)(H,29,32)/t23-/m0/s1. The van der Waals surface area contributed by atoms with E-state index in [1.54, 1.807) is 13.3 Å². The SMILES string of the molecule is CCC(=O)CCCCC[C@H](NC(=O)Cc1c(C)[nH]c2ccc(OC)cc12)c1ncc(CO)[nH]1. The molecule has 0 spiro atoms. The summed E-state index contributed by atoms with van der Waals surface area (Å²) < 4.78 is 5.34. The Bertz CT molecular complexity index is 1090. The number of hydrogen-bond donors (Lipinski definition) is 4. The molecule has 4 N–H and O–H groups in total. The van der Waals surface area contributed by atoms with Crippen molar-refractivity contribution in [2.45, 2.75) is 71.4 Å². The number of amides is 1. The third-order valence-electron chi connectivity index (χ3n) is 5.99. The van der Waals surface area contributed by atoms with Crippen LogP contribution in [0.15, 0.2) is 24.4 Å². The average molecular weight is 455 g/mol. The van der Waals surface area contributed by atoms with Crippen LogP contribution in [0, 0.1) is 6.92 Å². The number of carbonyl (C=O) groups is 2. The normalized spacial score (nSPS) is 12.1. The van der Waals surface area contributed by atoms with E-state index in [2.05, 4.69) is 20.3 Å². The molecular formula is C25H34N4O4. The van der Waals surface area contributed by atoms with Gasteiger partial charge in [-0.3, -0.25) is 9.59 Å². The largest absolute Gasteiger partial charge is 0.497 e. The van der Waals surface area contributed by atoms with Gasteiger partial charge in [0.15, 0.2) is 0 Å². The number of imidazole rings is 1. The number of hydrogen-bond acceptors (Lipinski definition) is 5. The third-order valence-corrected chi connectivity index (χ3v) is 5.99. The van der Waals surface area contributed by atoms with E-state index in [1.165, 1.54) is 0 Å². The van der Waals surface area contributed by atoms with Gasteiger partial charge in [-0.25, -0.2) is 4.98 Å². The number of benzene rings is 1. The van der Waals surface area contributed by atoms with Crippen LogP contribution < -0.4 is 10.1 Å². The van der Waals surface area contributed by atoms with Gasteiger partial charge in [-0.2, -0.15) is 0 Å². The van der Waals surface area contributed by atoms with Crippen molar-refractivity contribution in [2.24, 2.45) is 0 Å². The second-order valence-electron chi connectivity index (χ2n) is 8.38. The van der Waals surface area contributed by atoms with Crippen molar-refractivity contribution < 1.29 is 19.4 Å². The Kier molecular flexibility index (Phi) is 8.65. The van der Waals surface area contributed by atoms with E-state index in [0.29, 0.717) is 30.8 Å². The molecule has 33 heavy (non-hydrogen) atoms. The number of aryl methyl sites for hydroxylation is 1. The van der Waals surface area contributed by atoms with Crippen molar-refractivity contribution in [3.63, 3.8) is 0 Å². The van der Waals surface area contributed by atoms with Crippen LogP contribution in [0.25, 0.3) is 10.9 Å². The number of nitrogens with one attached hydrogen (secondary N) is 3. The maximum absolute atomic E-state index is 13.0. The summed E-state index contributed by atoms with van der Waals surface area (Å²) in [6, 6.07) is 5.49. The fourth-order valence-corrected chi connectivity index (χ4v) is 4.06. The van der Waals surface area contributed by atoms with Crippen molar-refractivity contribution in [3.8, 4) is 5.75 Å². The highest BCUT2D eigenvalue weighted by atomic mass is 16.5. The molecule has 0 aliphatic heterocycles. The van der Waals surface area contributed by atoms with E-state index in [1.807, 2.05) is 32.0 Å². The van der Waals surface area contributed by atoms with Gasteiger partial charge in [-0.1, -0.05) is 19.8 Å². The topological polar surface area (TPSA) is 120 Å². The predicted octanol–water partition coefficient (Wildman–Crippen LogP) is 4.03. The lowest BCUT2D eigenvalue weighted by Crippen LogP contribution is -2.30. The minimum atomic E-state index is -0.292. The number of fused-ring (bicyclic) bond motifs is 1. The Labute approximate surface area is 194 Å². The number of aromatic nitrogens is 3. The van der Waals surface area contributed by atoms with Crippen LogP contribution in [0.3, 0.4) is 0 Å². The molecule has 8 nitrogen and oxygen atoms in total. The van der Waals surface area contributed by atoms with Crippen LogP contribution in [0.1, 0.15) is 74.3 Å². The van der Waals surface area contributed by atoms with E-state index in [9.17, 15) is 14.7 Å². The Morgan fingerprint density at radius 2 is 2.03 bits per heavy atom. The van der Waals surface area contributed by atoms with Gasteiger partial charge < -0.3 is 25.1 Å². The number of aliphatic hydroxyl groups is 1. The molecule has 1 aromatic carbocycles. The van der Waals surface area contributed by atoms with Crippen LogP contribution in [0.4, 0.5) is 0 Å². The number of aromatic amines is 2. The number of carbonyl (C=O) groups excluding carboxylic acids is 2. The zero-order valence-corrected chi connectivity index (χ0v) is 19.7. The average Bonchev–Trinajstić information content (AvgIpc) is 3.42. The molecular weight excluding hydrogens is 420 g/mol. The first kappa shape index (κ1) is 24.5. The Balaban J connectivity index is 1.68. The zero-order valence-electron chi connectivity index (χ0n) is 19.7. The Morgan fingerprint density at radius 1 is 1.21 bits per heavy atom. The Hall–Kier alpha value is -3.13. The fourth-order valence-electron chi connectivity index (χ4n) is 4.06. The van der Waals surface area contributed by atoms with Gasteiger partial charge >= 0.3 is 0 Å². The van der Waals surface area contributed by atoms with E-state index < -0.39 is 0 Å². The number of unbranched alkanes of at least 4 members (excludes halogenated alkanes) is 2. The summed E-state index contributed by atoms with van der Waals surface area (Å²) in [6.07, 6.45) is 6.32. The first-order chi connectivity index (χ1) is 15.9. The minimum Gasteiger partial charge on any atom is -0.497 e. The van der Waals surface area contributed by atoms with Gasteiger partial charge in [-0.15, -0.1) is 0 Å². The summed E-state index contributed by atoms with van der Waals surface area (Å²) in [5.41, 5.74) is 3.46. The summed E-state index contributed by atoms with van der Waals surface area (Å²) in [5, 5.41) is 13.5. The molecule has 178 valence electrons. The van der Waals surface area contributed by atoms with Gasteiger partial charge in [0.2, 0.25) is 5.91 Å². The zero-order chi connectivity index (χ0) is 23.8. The van der Waals surface area contributed by atoms with Gasteiger partial charge in [0, 0.05) is 29.4 Å². The molecule has 0 radical (unpaired) electrons. The summed E-state index contributed by atoms with van der Waals surface area (Å²) in [6.45, 7) is 3.71. The monoisotopic (exact) mass is 454 g/mol. The number of aliphatic hydroxyl groups excluding tert-OH is 1. The Morgan fingerprint density at radius 3 is 2.73 bits per heavy atom. The molecule has 1 amide bonds. The second kappa shape index (κ2) is 11.7. The number of ketones is 1. The van der Waals surface area contributed by atoms with Crippen molar-refractivity contribution in [1.29, 1.82) is 0 Å². The third kappa shape index (κ3) is 6.44. The molecule has 0 aliphatic rings. The first-order valence-electron chi connectivity index (χ1n) is 11.6. The molecule has 2 heterocycles. The fraction of sp³-hybridized carbons (Fsp3) is 0.480. The van der Waals surface area contributed by atoms with E-state index in [0.717, 1.165) is 47.2 Å². The van der Waals surface area contributed by atoms with E-state index in [4.69, 9.17) is 4.74 Å². The number of rotatable bonds is 13. The van der Waals surface area contributed by atoms with Crippen molar-refractivity contribution in [3.05, 3.63) is 47.2 Å². The van der Waals surface area contributed by atoms with Gasteiger partial charge in [0.05, 0.1) is 38.1 Å². The molecule has 8 heteroatoms. The molecule has 0 bridgehead atoms. The quantitative estimate of drug-likeness (QED) is 0.291. The molecule has 0 unspecified atom stereocenters. The highest BCUT2D eigenvalue weighted by Crippen LogP contribution is 2.27. The summed E-state index contributed by atoms with van der Waals surface area (Å²) in [7, 11) is 1.62. The van der Waals surface area contributed by atoms with E-state index >= 15 is 0 Å². The van der Waals surface area contributed by atoms with Gasteiger partial charge in [0.1, 0.15) is 17.4 Å². The highest BCUT2D eigenvalue weighted by Gasteiger charge is 2.20. The van der Waals surface area contributed by atoms with Gasteiger partial charge in [0.25, 0.3) is 0 Å². The smallest absolute Gasteiger partial charge is 0.225 e. The van der Waals surface area contributed by atoms with Crippen molar-refractivity contribution in [2.75, 3.05) is 7.11 Å². The van der Waals surface area contributed by atoms with Crippen LogP contribution in [-0.2, 0) is 22.6 Å². The molecule has 0 saturated heterocycles. The molecule has 0 fully saturated rings. The molecule has 3 rings (SSSR count). The molecule has 0 saturated carbocycles. The predicted molar refractivity (Wildman–Crippen MR) is 127 cm³/mol. The lowest BCUT2D eigenvalue weighted by Gasteiger charge is -2.17. The number of ether oxygens (including phenoxy) is 1. The van der Waals surface area contributed by atoms with E-state index in [-0.39, 0.29) is 30.8 Å². The molecule has 0 aliphatic carbocycles. The van der Waals surface area contributed by atoms with Crippen LogP contribution in [-0.4, -0.2) is 38.9 Å². The van der Waals surface area contributed by atoms with Crippen molar-refractivity contribution >= 4 is 22.6 Å². The summed E-state index contributed by atoms with van der Waals surface area (Å²) >= 11 is 0. The first-order valence-corrected chi connectivity index (χ1v) is 11.6. The second-order valence-corrected chi connectivity index (χ2v) is 8.38. The van der Waals surface area contributed by atoms with Crippen LogP contribution in [0.2, 0.25) is 0 Å². The number of H-pyrrole nitrogens is 2. The maximum atomic E-state index is 13.0. The summed E-state index contributed by atoms with van der Waals surface area (Å²) in [5.74, 6) is 1.56. The minimum absolute atomic E-state index is 0.102.